The number of hydrogen-bond donors (Lipinski definition) is 7. The summed E-state index contributed by atoms with van der Waals surface area (Å²) in [6.45, 7) is 3.29. The summed E-state index contributed by atoms with van der Waals surface area (Å²) in [5.74, 6) is -0.653. The molecule has 0 heterocycles. The molecule has 7 N–H and O–H groups in total. The van der Waals surface area contributed by atoms with E-state index in [1.807, 2.05) is 0 Å². The monoisotopic (exact) mass is 525 g/mol. The van der Waals surface area contributed by atoms with Crippen molar-refractivity contribution in [1.29, 1.82) is 0 Å². The summed E-state index contributed by atoms with van der Waals surface area (Å²) in [5, 5.41) is 58.0. The van der Waals surface area contributed by atoms with Crippen LogP contribution in [0.4, 0.5) is 0 Å². The molecule has 0 aliphatic carbocycles. The number of hydrogen-bond acceptors (Lipinski definition) is 8. The molecule has 36 heavy (non-hydrogen) atoms. The number of unbranched alkanes of at least 4 members (excludes halogenated alkanes) is 14. The first kappa shape index (κ1) is 39.7. The Bertz CT molecular complexity index is 384. The minimum atomic E-state index is -0.954. The van der Waals surface area contributed by atoms with Crippen molar-refractivity contribution in [3.8, 4) is 0 Å². The highest BCUT2D eigenvalue weighted by molar-refractivity contribution is 5.66. The van der Waals surface area contributed by atoms with Gasteiger partial charge in [0, 0.05) is 26.1 Å². The van der Waals surface area contributed by atoms with Gasteiger partial charge < -0.3 is 35.7 Å². The fourth-order valence-electron chi connectivity index (χ4n) is 3.46. The second-order valence-electron chi connectivity index (χ2n) is 9.12. The lowest BCUT2D eigenvalue weighted by atomic mass is 10.0. The SMILES string of the molecule is CCCCCCCCCCCCCCCCCC(=O)O.OCC(O)CO.OCCN(CCO)CCO. The van der Waals surface area contributed by atoms with E-state index in [1.54, 1.807) is 4.90 Å². The van der Waals surface area contributed by atoms with Gasteiger partial charge in [0.1, 0.15) is 6.10 Å². The number of rotatable bonds is 24. The molecule has 0 unspecified atom stereocenters. The summed E-state index contributed by atoms with van der Waals surface area (Å²) in [4.78, 5) is 12.1. The minimum Gasteiger partial charge on any atom is -0.481 e. The Balaban J connectivity index is -0.000000561. The molecular formula is C27H59NO8. The Kier molecular flexibility index (Phi) is 40.1. The minimum absolute atomic E-state index is 0.0694. The van der Waals surface area contributed by atoms with E-state index in [0.29, 0.717) is 26.1 Å². The van der Waals surface area contributed by atoms with Gasteiger partial charge in [0.2, 0.25) is 0 Å². The molecule has 0 saturated heterocycles. The van der Waals surface area contributed by atoms with Crippen LogP contribution < -0.4 is 0 Å². The Morgan fingerprint density at radius 3 is 1.11 bits per heavy atom. The van der Waals surface area contributed by atoms with Gasteiger partial charge in [0.15, 0.2) is 0 Å². The molecule has 0 aromatic heterocycles. The molecule has 0 bridgehead atoms. The molecule has 0 saturated carbocycles. The highest BCUT2D eigenvalue weighted by atomic mass is 16.4. The van der Waals surface area contributed by atoms with Gasteiger partial charge in [-0.05, 0) is 6.42 Å². The number of aliphatic carboxylic acids is 1. The standard InChI is InChI=1S/C18H36O2.C6H15NO3.C3H8O3/c1-2-3-4-5-6-7-8-9-10-11-12-13-14-15-16-17-18(19)20;8-4-1-7(2-5-9)3-6-10;4-1-3(6)2-5/h2-17H2,1H3,(H,19,20);8-10H,1-6H2;3-6H,1-2H2. The Hall–Kier alpha value is -0.810. The van der Waals surface area contributed by atoms with Crippen molar-refractivity contribution in [2.75, 3.05) is 52.7 Å². The van der Waals surface area contributed by atoms with Crippen molar-refractivity contribution in [2.45, 2.75) is 116 Å². The quantitative estimate of drug-likeness (QED) is 0.0939. The van der Waals surface area contributed by atoms with Crippen LogP contribution in [-0.4, -0.2) is 105 Å². The van der Waals surface area contributed by atoms with Gasteiger partial charge in [-0.1, -0.05) is 96.8 Å². The summed E-state index contributed by atoms with van der Waals surface area (Å²) < 4.78 is 0. The lowest BCUT2D eigenvalue weighted by Crippen LogP contribution is -2.32. The summed E-state index contributed by atoms with van der Waals surface area (Å²) in [6, 6.07) is 0. The van der Waals surface area contributed by atoms with Crippen molar-refractivity contribution in [2.24, 2.45) is 0 Å². The zero-order valence-corrected chi connectivity index (χ0v) is 23.0. The van der Waals surface area contributed by atoms with Gasteiger partial charge in [-0.3, -0.25) is 9.69 Å². The van der Waals surface area contributed by atoms with Gasteiger partial charge in [-0.2, -0.15) is 0 Å². The summed E-state index contributed by atoms with van der Waals surface area (Å²) in [5.41, 5.74) is 0. The second kappa shape index (κ2) is 36.3. The first-order valence-electron chi connectivity index (χ1n) is 14.1. The Labute approximate surface area is 220 Å². The van der Waals surface area contributed by atoms with Crippen molar-refractivity contribution in [3.63, 3.8) is 0 Å². The van der Waals surface area contributed by atoms with Crippen LogP contribution >= 0.6 is 0 Å². The first-order chi connectivity index (χ1) is 17.4. The van der Waals surface area contributed by atoms with E-state index in [9.17, 15) is 4.79 Å². The van der Waals surface area contributed by atoms with E-state index in [-0.39, 0.29) is 33.0 Å². The number of nitrogens with zero attached hydrogens (tertiary/aromatic N) is 1. The first-order valence-corrected chi connectivity index (χ1v) is 14.1. The zero-order chi connectivity index (χ0) is 27.7. The van der Waals surface area contributed by atoms with Crippen LogP contribution in [0.25, 0.3) is 0 Å². The van der Waals surface area contributed by atoms with Crippen LogP contribution in [0.15, 0.2) is 0 Å². The largest absolute Gasteiger partial charge is 0.481 e. The summed E-state index contributed by atoms with van der Waals surface area (Å²) in [6.07, 6.45) is 19.2. The number of carbonyl (C=O) groups is 1. The van der Waals surface area contributed by atoms with Crippen molar-refractivity contribution >= 4 is 5.97 Å². The molecule has 0 rings (SSSR count). The van der Waals surface area contributed by atoms with E-state index in [2.05, 4.69) is 6.92 Å². The third-order valence-corrected chi connectivity index (χ3v) is 5.66. The molecule has 0 spiro atoms. The maximum atomic E-state index is 10.3. The third-order valence-electron chi connectivity index (χ3n) is 5.66. The van der Waals surface area contributed by atoms with E-state index < -0.39 is 12.1 Å². The number of aliphatic hydroxyl groups is 6. The third kappa shape index (κ3) is 40.4. The molecule has 0 aromatic carbocycles. The van der Waals surface area contributed by atoms with Gasteiger partial charge in [0.25, 0.3) is 0 Å². The number of aliphatic hydroxyl groups excluding tert-OH is 6. The number of carboxylic acids is 1. The molecule has 0 atom stereocenters. The second-order valence-corrected chi connectivity index (χ2v) is 9.12. The van der Waals surface area contributed by atoms with Crippen LogP contribution in [0.3, 0.4) is 0 Å². The Morgan fingerprint density at radius 2 is 0.889 bits per heavy atom. The smallest absolute Gasteiger partial charge is 0.303 e. The van der Waals surface area contributed by atoms with E-state index in [4.69, 9.17) is 35.7 Å². The van der Waals surface area contributed by atoms with Crippen LogP contribution in [0.2, 0.25) is 0 Å². The van der Waals surface area contributed by atoms with Crippen LogP contribution in [0, 0.1) is 0 Å². The van der Waals surface area contributed by atoms with Gasteiger partial charge in [-0.15, -0.1) is 0 Å². The van der Waals surface area contributed by atoms with E-state index in [1.165, 1.54) is 83.5 Å². The average molecular weight is 526 g/mol. The highest BCUT2D eigenvalue weighted by Gasteiger charge is 2.00. The summed E-state index contributed by atoms with van der Waals surface area (Å²) in [7, 11) is 0. The molecule has 0 fully saturated rings. The van der Waals surface area contributed by atoms with Crippen molar-refractivity contribution < 1.29 is 40.5 Å². The maximum Gasteiger partial charge on any atom is 0.303 e. The molecule has 0 amide bonds. The van der Waals surface area contributed by atoms with Crippen molar-refractivity contribution in [3.05, 3.63) is 0 Å². The summed E-state index contributed by atoms with van der Waals surface area (Å²) >= 11 is 0. The number of carboxylic acid groups (broad SMARTS) is 1. The lowest BCUT2D eigenvalue weighted by Gasteiger charge is -2.17. The molecule has 0 radical (unpaired) electrons. The fraction of sp³-hybridized carbons (Fsp3) is 0.963. The molecule has 0 aliphatic rings. The molecule has 9 heteroatoms. The van der Waals surface area contributed by atoms with Crippen LogP contribution in [-0.2, 0) is 4.79 Å². The molecule has 220 valence electrons. The van der Waals surface area contributed by atoms with E-state index >= 15 is 0 Å². The lowest BCUT2D eigenvalue weighted by molar-refractivity contribution is -0.137. The Morgan fingerprint density at radius 1 is 0.583 bits per heavy atom. The molecular weight excluding hydrogens is 466 g/mol. The van der Waals surface area contributed by atoms with E-state index in [0.717, 1.165) is 12.8 Å². The predicted molar refractivity (Wildman–Crippen MR) is 145 cm³/mol. The maximum absolute atomic E-state index is 10.3. The van der Waals surface area contributed by atoms with Gasteiger partial charge in [-0.25, -0.2) is 0 Å². The molecule has 0 aliphatic heterocycles. The average Bonchev–Trinajstić information content (AvgIpc) is 2.87. The fourth-order valence-corrected chi connectivity index (χ4v) is 3.46. The zero-order valence-electron chi connectivity index (χ0n) is 23.0. The van der Waals surface area contributed by atoms with Crippen LogP contribution in [0.1, 0.15) is 110 Å². The van der Waals surface area contributed by atoms with Gasteiger partial charge >= 0.3 is 5.97 Å². The highest BCUT2D eigenvalue weighted by Crippen LogP contribution is 2.13. The normalized spacial score (nSPS) is 10.7. The molecule has 0 aromatic rings. The van der Waals surface area contributed by atoms with Crippen molar-refractivity contribution in [1.82, 2.24) is 4.90 Å². The topological polar surface area (TPSA) is 162 Å². The molecule has 9 nitrogen and oxygen atoms in total. The predicted octanol–water partition coefficient (Wildman–Crippen LogP) is 2.93. The van der Waals surface area contributed by atoms with Crippen LogP contribution in [0.5, 0.6) is 0 Å². The van der Waals surface area contributed by atoms with Gasteiger partial charge in [0.05, 0.1) is 33.0 Å².